The summed E-state index contributed by atoms with van der Waals surface area (Å²) in [5, 5.41) is 17.2. The minimum atomic E-state index is -1.14. The number of hydrogen-bond donors (Lipinski definition) is 3. The van der Waals surface area contributed by atoms with Gasteiger partial charge < -0.3 is 14.8 Å². The molecule has 0 aromatic carbocycles. The zero-order chi connectivity index (χ0) is 13.1. The summed E-state index contributed by atoms with van der Waals surface area (Å²) >= 11 is 0. The number of carboxylic acids is 1. The van der Waals surface area contributed by atoms with Crippen molar-refractivity contribution in [1.82, 2.24) is 10.2 Å². The predicted molar refractivity (Wildman–Crippen MR) is 61.6 cm³/mol. The van der Waals surface area contributed by atoms with E-state index in [1.165, 1.54) is 12.3 Å². The maximum atomic E-state index is 11.9. The molecule has 0 spiro atoms. The number of nitrogens with zero attached hydrogens (tertiary/aromatic N) is 1. The molecule has 0 unspecified atom stereocenters. The number of aromatic nitrogens is 2. The van der Waals surface area contributed by atoms with E-state index in [9.17, 15) is 9.59 Å². The molecule has 3 N–H and O–H groups in total. The van der Waals surface area contributed by atoms with Crippen LogP contribution in [0.2, 0.25) is 0 Å². The fourth-order valence-corrected chi connectivity index (χ4v) is 1.50. The molecule has 2 rings (SSSR count). The average Bonchev–Trinajstić information content (AvgIpc) is 2.96. The van der Waals surface area contributed by atoms with Gasteiger partial charge in [-0.1, -0.05) is 6.92 Å². The number of carboxylic acid groups (broad SMARTS) is 1. The second-order valence-electron chi connectivity index (χ2n) is 3.54. The number of H-pyrrole nitrogens is 1. The molecule has 0 bridgehead atoms. The molecule has 7 heteroatoms. The Morgan fingerprint density at radius 2 is 2.33 bits per heavy atom. The summed E-state index contributed by atoms with van der Waals surface area (Å²) in [6.07, 6.45) is 2.03. The molecule has 18 heavy (non-hydrogen) atoms. The standard InChI is InChI=1S/C11H11N3O4/c1-2-8-6(3-4-18-8)10(15)12-9-5-7(11(16)17)13-14-9/h3-5H,2H2,1H3,(H,16,17)(H2,12,13,14,15). The summed E-state index contributed by atoms with van der Waals surface area (Å²) in [6, 6.07) is 2.80. The number of carbonyl (C=O) groups is 2. The topological polar surface area (TPSA) is 108 Å². The number of aryl methyl sites for hydroxylation is 1. The molecule has 2 aromatic rings. The minimum Gasteiger partial charge on any atom is -0.477 e. The number of nitrogens with one attached hydrogen (secondary N) is 2. The summed E-state index contributed by atoms with van der Waals surface area (Å²) in [5.41, 5.74) is 0.325. The minimum absolute atomic E-state index is 0.0896. The van der Waals surface area contributed by atoms with E-state index in [4.69, 9.17) is 9.52 Å². The summed E-state index contributed by atoms with van der Waals surface area (Å²) in [7, 11) is 0. The van der Waals surface area contributed by atoms with Crippen LogP contribution < -0.4 is 5.32 Å². The van der Waals surface area contributed by atoms with Gasteiger partial charge in [-0.25, -0.2) is 4.79 Å². The number of carbonyl (C=O) groups excluding carboxylic acids is 1. The lowest BCUT2D eigenvalue weighted by molar-refractivity contribution is 0.0690. The van der Waals surface area contributed by atoms with E-state index in [1.54, 1.807) is 6.07 Å². The van der Waals surface area contributed by atoms with Crippen LogP contribution >= 0.6 is 0 Å². The Morgan fingerprint density at radius 3 is 2.94 bits per heavy atom. The van der Waals surface area contributed by atoms with Gasteiger partial charge in [0, 0.05) is 12.5 Å². The monoisotopic (exact) mass is 249 g/mol. The highest BCUT2D eigenvalue weighted by Gasteiger charge is 2.15. The van der Waals surface area contributed by atoms with E-state index in [0.29, 0.717) is 17.7 Å². The summed E-state index contributed by atoms with van der Waals surface area (Å²) < 4.78 is 5.13. The average molecular weight is 249 g/mol. The molecule has 0 saturated carbocycles. The van der Waals surface area contributed by atoms with E-state index in [1.807, 2.05) is 6.92 Å². The van der Waals surface area contributed by atoms with Crippen LogP contribution in [0.1, 0.15) is 33.5 Å². The lowest BCUT2D eigenvalue weighted by Gasteiger charge is -2.00. The fraction of sp³-hybridized carbons (Fsp3) is 0.182. The summed E-state index contributed by atoms with van der Waals surface area (Å²) in [6.45, 7) is 1.87. The number of hydrogen-bond acceptors (Lipinski definition) is 4. The third-order valence-corrected chi connectivity index (χ3v) is 2.36. The molecule has 7 nitrogen and oxygen atoms in total. The number of amides is 1. The molecule has 1 amide bonds. The largest absolute Gasteiger partial charge is 0.477 e. The van der Waals surface area contributed by atoms with Crippen molar-refractivity contribution in [3.05, 3.63) is 35.4 Å². The highest BCUT2D eigenvalue weighted by Crippen LogP contribution is 2.14. The Labute approximate surface area is 102 Å². The molecule has 2 heterocycles. The number of rotatable bonds is 4. The zero-order valence-electron chi connectivity index (χ0n) is 9.56. The predicted octanol–water partition coefficient (Wildman–Crippen LogP) is 1.52. The van der Waals surface area contributed by atoms with E-state index in [0.717, 1.165) is 0 Å². The Hall–Kier alpha value is -2.57. The Bertz CT molecular complexity index is 585. The van der Waals surface area contributed by atoms with Gasteiger partial charge in [-0.2, -0.15) is 5.10 Å². The van der Waals surface area contributed by atoms with Crippen molar-refractivity contribution in [1.29, 1.82) is 0 Å². The molecule has 2 aromatic heterocycles. The van der Waals surface area contributed by atoms with E-state index in [-0.39, 0.29) is 17.4 Å². The van der Waals surface area contributed by atoms with Gasteiger partial charge in [0.25, 0.3) is 5.91 Å². The van der Waals surface area contributed by atoms with Crippen LogP contribution in [0, 0.1) is 0 Å². The molecule has 0 aliphatic carbocycles. The molecule has 0 saturated heterocycles. The number of anilines is 1. The van der Waals surface area contributed by atoms with Crippen molar-refractivity contribution >= 4 is 17.7 Å². The molecular formula is C11H11N3O4. The maximum absolute atomic E-state index is 11.9. The second-order valence-corrected chi connectivity index (χ2v) is 3.54. The Morgan fingerprint density at radius 1 is 1.56 bits per heavy atom. The van der Waals surface area contributed by atoms with Crippen LogP contribution in [0.25, 0.3) is 0 Å². The SMILES string of the molecule is CCc1occc1C(=O)Nc1cc(C(=O)O)[nH]n1. The Balaban J connectivity index is 2.13. The van der Waals surface area contributed by atoms with Gasteiger partial charge in [-0.3, -0.25) is 9.89 Å². The van der Waals surface area contributed by atoms with Crippen LogP contribution in [0.3, 0.4) is 0 Å². The van der Waals surface area contributed by atoms with Crippen molar-refractivity contribution in [2.45, 2.75) is 13.3 Å². The smallest absolute Gasteiger partial charge is 0.353 e. The summed E-state index contributed by atoms with van der Waals surface area (Å²) in [5.74, 6) is -0.799. The first-order valence-corrected chi connectivity index (χ1v) is 5.28. The van der Waals surface area contributed by atoms with Crippen LogP contribution in [0.15, 0.2) is 22.8 Å². The van der Waals surface area contributed by atoms with Crippen LogP contribution in [-0.2, 0) is 6.42 Å². The lowest BCUT2D eigenvalue weighted by atomic mass is 10.2. The first kappa shape index (κ1) is 11.9. The second kappa shape index (κ2) is 4.74. The Kier molecular flexibility index (Phi) is 3.13. The summed E-state index contributed by atoms with van der Waals surface area (Å²) in [4.78, 5) is 22.5. The van der Waals surface area contributed by atoms with Gasteiger partial charge in [0.1, 0.15) is 11.5 Å². The molecule has 0 atom stereocenters. The third kappa shape index (κ3) is 2.24. The highest BCUT2D eigenvalue weighted by molar-refractivity contribution is 6.04. The fourth-order valence-electron chi connectivity index (χ4n) is 1.50. The normalized spacial score (nSPS) is 10.3. The molecule has 0 radical (unpaired) electrons. The first-order valence-electron chi connectivity index (χ1n) is 5.28. The van der Waals surface area contributed by atoms with Crippen molar-refractivity contribution < 1.29 is 19.1 Å². The van der Waals surface area contributed by atoms with Crippen molar-refractivity contribution in [3.8, 4) is 0 Å². The van der Waals surface area contributed by atoms with Gasteiger partial charge in [-0.15, -0.1) is 0 Å². The van der Waals surface area contributed by atoms with Gasteiger partial charge >= 0.3 is 5.97 Å². The highest BCUT2D eigenvalue weighted by atomic mass is 16.4. The van der Waals surface area contributed by atoms with Gasteiger partial charge in [0.2, 0.25) is 0 Å². The molecular weight excluding hydrogens is 238 g/mol. The quantitative estimate of drug-likeness (QED) is 0.761. The third-order valence-electron chi connectivity index (χ3n) is 2.36. The molecule has 0 aliphatic heterocycles. The number of aromatic carboxylic acids is 1. The van der Waals surface area contributed by atoms with E-state index < -0.39 is 5.97 Å². The van der Waals surface area contributed by atoms with E-state index >= 15 is 0 Å². The molecule has 94 valence electrons. The van der Waals surface area contributed by atoms with Crippen molar-refractivity contribution in [3.63, 3.8) is 0 Å². The maximum Gasteiger partial charge on any atom is 0.353 e. The van der Waals surface area contributed by atoms with Crippen LogP contribution in [0.5, 0.6) is 0 Å². The zero-order valence-corrected chi connectivity index (χ0v) is 9.56. The van der Waals surface area contributed by atoms with Crippen LogP contribution in [-0.4, -0.2) is 27.2 Å². The van der Waals surface area contributed by atoms with Gasteiger partial charge in [-0.05, 0) is 6.07 Å². The molecule has 0 fully saturated rings. The van der Waals surface area contributed by atoms with Crippen LogP contribution in [0.4, 0.5) is 5.82 Å². The van der Waals surface area contributed by atoms with Gasteiger partial charge in [0.05, 0.1) is 11.8 Å². The lowest BCUT2D eigenvalue weighted by Crippen LogP contribution is -2.13. The van der Waals surface area contributed by atoms with E-state index in [2.05, 4.69) is 15.5 Å². The molecule has 0 aliphatic rings. The number of aromatic amines is 1. The number of furan rings is 1. The van der Waals surface area contributed by atoms with Crippen molar-refractivity contribution in [2.75, 3.05) is 5.32 Å². The van der Waals surface area contributed by atoms with Crippen molar-refractivity contribution in [2.24, 2.45) is 0 Å². The van der Waals surface area contributed by atoms with Gasteiger partial charge in [0.15, 0.2) is 5.82 Å². The first-order chi connectivity index (χ1) is 8.61.